The third kappa shape index (κ3) is 0.792. The van der Waals surface area contributed by atoms with Crippen LogP contribution in [0, 0.1) is 0 Å². The summed E-state index contributed by atoms with van der Waals surface area (Å²) in [4.78, 5) is 11.5. The van der Waals surface area contributed by atoms with E-state index in [2.05, 4.69) is 25.6 Å². The van der Waals surface area contributed by atoms with Gasteiger partial charge in [-0.25, -0.2) is 0 Å². The maximum Gasteiger partial charge on any atom is 0.208 e. The second-order valence-electron chi connectivity index (χ2n) is 2.83. The number of rotatable bonds is 0. The summed E-state index contributed by atoms with van der Waals surface area (Å²) < 4.78 is 0. The minimum absolute atomic E-state index is 0.183. The number of nitrogens with zero attached hydrogens (tertiary/aromatic N) is 5. The van der Waals surface area contributed by atoms with Crippen LogP contribution in [0.1, 0.15) is 11.3 Å². The van der Waals surface area contributed by atoms with Gasteiger partial charge in [0, 0.05) is 5.56 Å². The molecule has 0 saturated heterocycles. The quantitative estimate of drug-likeness (QED) is 0.476. The Hall–Kier alpha value is -2.24. The van der Waals surface area contributed by atoms with Crippen molar-refractivity contribution in [2.24, 2.45) is 0 Å². The third-order valence-corrected chi connectivity index (χ3v) is 2.04. The molecule has 0 aliphatic heterocycles. The smallest absolute Gasteiger partial charge is 0.208 e. The molecule has 0 radical (unpaired) electrons. The first-order valence-corrected chi connectivity index (χ1v) is 3.93. The first-order valence-electron chi connectivity index (χ1n) is 3.93. The largest absolute Gasteiger partial charge is 0.287 e. The van der Waals surface area contributed by atoms with Gasteiger partial charge in [0.2, 0.25) is 11.1 Å². The topological polar surface area (TPSA) is 81.5 Å². The van der Waals surface area contributed by atoms with E-state index in [4.69, 9.17) is 0 Å². The Morgan fingerprint density at radius 2 is 2.00 bits per heavy atom. The van der Waals surface area contributed by atoms with Crippen LogP contribution in [-0.4, -0.2) is 25.6 Å². The van der Waals surface area contributed by atoms with Crippen molar-refractivity contribution in [3.63, 3.8) is 0 Å². The van der Waals surface area contributed by atoms with E-state index < -0.39 is 0 Å². The first kappa shape index (κ1) is 7.19. The van der Waals surface area contributed by atoms with E-state index in [1.807, 2.05) is 0 Å². The fourth-order valence-corrected chi connectivity index (χ4v) is 1.43. The van der Waals surface area contributed by atoms with Gasteiger partial charge in [0.1, 0.15) is 0 Å². The highest BCUT2D eigenvalue weighted by Gasteiger charge is 2.14. The van der Waals surface area contributed by atoms with E-state index >= 15 is 0 Å². The van der Waals surface area contributed by atoms with Crippen LogP contribution in [0.15, 0.2) is 11.0 Å². The summed E-state index contributed by atoms with van der Waals surface area (Å²) in [6, 6.07) is 0. The first-order chi connectivity index (χ1) is 6.86. The molecule has 6 heteroatoms. The maximum atomic E-state index is 11.5. The molecule has 1 aliphatic rings. The predicted octanol–water partition coefficient (Wildman–Crippen LogP) is -0.341. The van der Waals surface area contributed by atoms with Crippen LogP contribution < -0.4 is 5.43 Å². The lowest BCUT2D eigenvalue weighted by atomic mass is 10.2. The van der Waals surface area contributed by atoms with E-state index in [0.717, 1.165) is 6.20 Å². The van der Waals surface area contributed by atoms with Crippen molar-refractivity contribution in [2.75, 3.05) is 0 Å². The summed E-state index contributed by atoms with van der Waals surface area (Å²) >= 11 is 0. The lowest BCUT2D eigenvalue weighted by molar-refractivity contribution is 0.871. The van der Waals surface area contributed by atoms with Gasteiger partial charge in [-0.05, 0) is 17.4 Å². The number of aromatic nitrogens is 5. The van der Waals surface area contributed by atoms with Gasteiger partial charge in [-0.1, -0.05) is 0 Å². The Labute approximate surface area is 77.3 Å². The highest BCUT2D eigenvalue weighted by molar-refractivity contribution is 5.99. The summed E-state index contributed by atoms with van der Waals surface area (Å²) in [5.74, 6) is 0. The van der Waals surface area contributed by atoms with Gasteiger partial charge >= 0.3 is 0 Å². The predicted molar refractivity (Wildman–Crippen MR) is 48.1 cm³/mol. The van der Waals surface area contributed by atoms with Gasteiger partial charge in [-0.15, -0.1) is 15.3 Å². The summed E-state index contributed by atoms with van der Waals surface area (Å²) in [5.41, 5.74) is 1.31. The van der Waals surface area contributed by atoms with Crippen molar-refractivity contribution in [2.45, 2.75) is 0 Å². The van der Waals surface area contributed by atoms with E-state index in [0.29, 0.717) is 22.3 Å². The Morgan fingerprint density at radius 1 is 1.07 bits per heavy atom. The van der Waals surface area contributed by atoms with Crippen LogP contribution in [0.5, 0.6) is 0 Å². The lowest BCUT2D eigenvalue weighted by Gasteiger charge is -1.89. The molecule has 0 aromatic carbocycles. The van der Waals surface area contributed by atoms with Crippen molar-refractivity contribution in [3.8, 4) is 0 Å². The second kappa shape index (κ2) is 2.38. The molecule has 1 aliphatic carbocycles. The minimum Gasteiger partial charge on any atom is -0.287 e. The summed E-state index contributed by atoms with van der Waals surface area (Å²) in [6.07, 6.45) is 4.56. The third-order valence-electron chi connectivity index (χ3n) is 2.04. The van der Waals surface area contributed by atoms with Crippen LogP contribution in [0.2, 0.25) is 0 Å². The molecule has 3 rings (SSSR count). The van der Waals surface area contributed by atoms with Crippen LogP contribution in [-0.2, 0) is 0 Å². The molecule has 6 nitrogen and oxygen atoms in total. The Bertz CT molecular complexity index is 622. The normalized spacial score (nSPS) is 12.3. The monoisotopic (exact) mass is 185 g/mol. The van der Waals surface area contributed by atoms with Gasteiger partial charge in [0.25, 0.3) is 0 Å². The molecule has 0 spiro atoms. The Kier molecular flexibility index (Phi) is 1.22. The fourth-order valence-electron chi connectivity index (χ4n) is 1.43. The van der Waals surface area contributed by atoms with E-state index in [1.165, 1.54) is 0 Å². The number of hydrogen-bond donors (Lipinski definition) is 0. The fraction of sp³-hybridized carbons (Fsp3) is 0. The van der Waals surface area contributed by atoms with Crippen LogP contribution in [0.25, 0.3) is 23.2 Å². The summed E-state index contributed by atoms with van der Waals surface area (Å²) in [6.45, 7) is 0. The van der Waals surface area contributed by atoms with Crippen LogP contribution in [0.4, 0.5) is 0 Å². The standard InChI is InChI=1S/C8H3N5O/c14-6-3-9-11-8-7-4(6)1-2-5(7)10-13-12-8/h1-3H. The molecule has 0 atom stereocenters. The van der Waals surface area contributed by atoms with Crippen molar-refractivity contribution in [1.29, 1.82) is 0 Å². The molecular formula is C8H3N5O. The lowest BCUT2D eigenvalue weighted by Crippen LogP contribution is -1.99. The minimum atomic E-state index is -0.183. The van der Waals surface area contributed by atoms with E-state index in [1.54, 1.807) is 12.2 Å². The van der Waals surface area contributed by atoms with Gasteiger partial charge in [-0.3, -0.25) is 4.79 Å². The van der Waals surface area contributed by atoms with Crippen LogP contribution in [0.3, 0.4) is 0 Å². The van der Waals surface area contributed by atoms with E-state index in [-0.39, 0.29) is 5.43 Å². The Morgan fingerprint density at radius 3 is 2.93 bits per heavy atom. The zero-order chi connectivity index (χ0) is 9.54. The maximum absolute atomic E-state index is 11.5. The van der Waals surface area contributed by atoms with Gasteiger partial charge in [0.05, 0.1) is 17.3 Å². The molecule has 14 heavy (non-hydrogen) atoms. The molecule has 0 saturated carbocycles. The molecule has 0 amide bonds. The second-order valence-corrected chi connectivity index (χ2v) is 2.83. The SMILES string of the molecule is O=c1cnnc2nnnc3c2c1C=C3. The summed E-state index contributed by atoms with van der Waals surface area (Å²) in [5, 5.41) is 19.0. The number of hydrogen-bond acceptors (Lipinski definition) is 6. The molecule has 2 aromatic heterocycles. The molecule has 2 heterocycles. The van der Waals surface area contributed by atoms with Crippen molar-refractivity contribution in [3.05, 3.63) is 27.7 Å². The Balaban J connectivity index is 2.71. The molecule has 0 bridgehead atoms. The molecule has 2 aromatic rings. The van der Waals surface area contributed by atoms with Crippen molar-refractivity contribution >= 4 is 23.2 Å². The molecule has 0 fully saturated rings. The van der Waals surface area contributed by atoms with Crippen molar-refractivity contribution < 1.29 is 0 Å². The highest BCUT2D eigenvalue weighted by Crippen LogP contribution is 2.22. The molecular weight excluding hydrogens is 182 g/mol. The summed E-state index contributed by atoms with van der Waals surface area (Å²) in [7, 11) is 0. The zero-order valence-electron chi connectivity index (χ0n) is 6.88. The van der Waals surface area contributed by atoms with Crippen molar-refractivity contribution in [1.82, 2.24) is 25.6 Å². The zero-order valence-corrected chi connectivity index (χ0v) is 6.88. The molecule has 0 N–H and O–H groups in total. The van der Waals surface area contributed by atoms with Gasteiger partial charge in [0.15, 0.2) is 0 Å². The van der Waals surface area contributed by atoms with Crippen LogP contribution >= 0.6 is 0 Å². The molecule has 66 valence electrons. The van der Waals surface area contributed by atoms with Gasteiger partial charge in [-0.2, -0.15) is 5.10 Å². The van der Waals surface area contributed by atoms with E-state index in [9.17, 15) is 4.79 Å². The average molecular weight is 185 g/mol. The van der Waals surface area contributed by atoms with Gasteiger partial charge < -0.3 is 0 Å². The highest BCUT2D eigenvalue weighted by atomic mass is 16.1. The molecule has 0 unspecified atom stereocenters. The average Bonchev–Trinajstić information content (AvgIpc) is 2.54.